The lowest BCUT2D eigenvalue weighted by Crippen LogP contribution is -2.51. The summed E-state index contributed by atoms with van der Waals surface area (Å²) in [7, 11) is 0. The van der Waals surface area contributed by atoms with E-state index >= 15 is 0 Å². The quantitative estimate of drug-likeness (QED) is 0.336. The van der Waals surface area contributed by atoms with E-state index in [-0.39, 0.29) is 25.2 Å². The monoisotopic (exact) mass is 527 g/mol. The van der Waals surface area contributed by atoms with Crippen molar-refractivity contribution in [2.24, 2.45) is 0 Å². The van der Waals surface area contributed by atoms with Gasteiger partial charge in [-0.2, -0.15) is 0 Å². The maximum Gasteiger partial charge on any atom is 0.249 e. The Kier molecular flexibility index (Phi) is 7.24. The van der Waals surface area contributed by atoms with Crippen LogP contribution in [0, 0.1) is 0 Å². The first-order chi connectivity index (χ1) is 18.8. The van der Waals surface area contributed by atoms with Crippen LogP contribution in [-0.2, 0) is 22.6 Å². The zero-order chi connectivity index (χ0) is 27.6. The van der Waals surface area contributed by atoms with E-state index in [1.54, 1.807) is 22.9 Å². The molecule has 0 aliphatic carbocycles. The second-order valence-corrected chi connectivity index (χ2v) is 10.3. The third-order valence-corrected chi connectivity index (χ3v) is 7.16. The normalized spacial score (nSPS) is 13.3. The number of amides is 2. The number of carbonyl (C=O) groups is 2. The van der Waals surface area contributed by atoms with Crippen molar-refractivity contribution < 1.29 is 19.1 Å². The van der Waals surface area contributed by atoms with Gasteiger partial charge in [0.25, 0.3) is 0 Å². The van der Waals surface area contributed by atoms with E-state index in [0.717, 1.165) is 23.9 Å². The minimum atomic E-state index is -0.940. The van der Waals surface area contributed by atoms with Crippen LogP contribution in [0.2, 0.25) is 0 Å². The first kappa shape index (κ1) is 26.2. The molecule has 0 spiro atoms. The van der Waals surface area contributed by atoms with E-state index < -0.39 is 11.6 Å². The third kappa shape index (κ3) is 5.43. The lowest BCUT2D eigenvalue weighted by atomic mass is 9.97. The topological polar surface area (TPSA) is 98.6 Å². The van der Waals surface area contributed by atoms with Gasteiger partial charge in [0.05, 0.1) is 5.52 Å². The summed E-state index contributed by atoms with van der Waals surface area (Å²) in [4.78, 5) is 29.8. The number of aromatic nitrogens is 3. The Morgan fingerprint density at radius 2 is 1.77 bits per heavy atom. The molecule has 202 valence electrons. The van der Waals surface area contributed by atoms with E-state index in [0.29, 0.717) is 28.3 Å². The van der Waals surface area contributed by atoms with Crippen LogP contribution in [0.4, 0.5) is 5.69 Å². The number of hydrogen-bond acceptors (Lipinski definition) is 6. The molecule has 1 atom stereocenters. The van der Waals surface area contributed by atoms with Crippen molar-refractivity contribution in [2.45, 2.75) is 58.7 Å². The molecule has 0 unspecified atom stereocenters. The fourth-order valence-electron chi connectivity index (χ4n) is 4.55. The highest BCUT2D eigenvalue weighted by molar-refractivity contribution is 6.02. The van der Waals surface area contributed by atoms with Gasteiger partial charge in [-0.3, -0.25) is 14.5 Å². The van der Waals surface area contributed by atoms with Gasteiger partial charge in [0.15, 0.2) is 11.5 Å². The van der Waals surface area contributed by atoms with E-state index in [9.17, 15) is 9.59 Å². The van der Waals surface area contributed by atoms with E-state index in [4.69, 9.17) is 9.47 Å². The first-order valence-corrected chi connectivity index (χ1v) is 13.2. The molecule has 0 bridgehead atoms. The van der Waals surface area contributed by atoms with Crippen LogP contribution in [0.25, 0.3) is 11.0 Å². The molecular formula is C30H33N5O4. The molecule has 2 heterocycles. The van der Waals surface area contributed by atoms with Crippen molar-refractivity contribution in [3.05, 3.63) is 77.9 Å². The first-order valence-electron chi connectivity index (χ1n) is 13.2. The number of nitrogens with zero attached hydrogens (tertiary/aromatic N) is 4. The number of ether oxygens (including phenoxy) is 2. The summed E-state index contributed by atoms with van der Waals surface area (Å²) in [5, 5.41) is 11.6. The molecule has 1 aromatic heterocycles. The largest absolute Gasteiger partial charge is 0.454 e. The van der Waals surface area contributed by atoms with Crippen LogP contribution in [0.5, 0.6) is 11.5 Å². The molecule has 9 nitrogen and oxygen atoms in total. The van der Waals surface area contributed by atoms with E-state index in [1.165, 1.54) is 4.90 Å². The number of para-hydroxylation sites is 1. The molecule has 0 fully saturated rings. The predicted octanol–water partition coefficient (Wildman–Crippen LogP) is 4.80. The summed E-state index contributed by atoms with van der Waals surface area (Å²) in [5.41, 5.74) is 3.31. The predicted molar refractivity (Wildman–Crippen MR) is 149 cm³/mol. The molecule has 1 N–H and O–H groups in total. The molecular weight excluding hydrogens is 494 g/mol. The standard InChI is InChI=1S/C30H33N5O4/c1-5-20-11-13-21(14-12-20)28(29(37)31-30(3,4)6-2)35(22-15-16-25-26(17-22)39-19-38-25)27(36)18-34-24-10-8-7-9-23(24)32-33-34/h7-17,28H,5-6,18-19H2,1-4H3,(H,31,37)/t28-/m0/s1. The lowest BCUT2D eigenvalue weighted by molar-refractivity contribution is -0.128. The van der Waals surface area contributed by atoms with Gasteiger partial charge in [-0.15, -0.1) is 5.10 Å². The van der Waals surface area contributed by atoms with Gasteiger partial charge in [0, 0.05) is 17.3 Å². The molecule has 0 radical (unpaired) electrons. The molecule has 1 aliphatic heterocycles. The maximum atomic E-state index is 14.2. The van der Waals surface area contributed by atoms with Crippen LogP contribution in [0.1, 0.15) is 51.3 Å². The molecule has 5 rings (SSSR count). The van der Waals surface area contributed by atoms with Gasteiger partial charge in [-0.25, -0.2) is 4.68 Å². The van der Waals surface area contributed by atoms with Crippen molar-refractivity contribution in [1.29, 1.82) is 0 Å². The molecule has 0 saturated carbocycles. The Morgan fingerprint density at radius 1 is 1.03 bits per heavy atom. The molecule has 2 amide bonds. The second kappa shape index (κ2) is 10.8. The fraction of sp³-hybridized carbons (Fsp3) is 0.333. The molecule has 0 saturated heterocycles. The highest BCUT2D eigenvalue weighted by atomic mass is 16.7. The Hall–Kier alpha value is -4.40. The van der Waals surface area contributed by atoms with Gasteiger partial charge in [0.2, 0.25) is 18.6 Å². The molecule has 39 heavy (non-hydrogen) atoms. The fourth-order valence-corrected chi connectivity index (χ4v) is 4.55. The third-order valence-electron chi connectivity index (χ3n) is 7.16. The zero-order valence-electron chi connectivity index (χ0n) is 22.7. The Bertz CT molecular complexity index is 1500. The van der Waals surface area contributed by atoms with Gasteiger partial charge in [-0.05, 0) is 62.1 Å². The zero-order valence-corrected chi connectivity index (χ0v) is 22.7. The van der Waals surface area contributed by atoms with Crippen molar-refractivity contribution in [3.8, 4) is 11.5 Å². The number of anilines is 1. The van der Waals surface area contributed by atoms with Crippen LogP contribution in [0.3, 0.4) is 0 Å². The summed E-state index contributed by atoms with van der Waals surface area (Å²) >= 11 is 0. The Morgan fingerprint density at radius 3 is 2.51 bits per heavy atom. The number of rotatable bonds is 9. The average molecular weight is 528 g/mol. The van der Waals surface area contributed by atoms with Crippen LogP contribution in [0.15, 0.2) is 66.7 Å². The van der Waals surface area contributed by atoms with Crippen LogP contribution < -0.4 is 19.7 Å². The maximum absolute atomic E-state index is 14.2. The number of fused-ring (bicyclic) bond motifs is 2. The minimum absolute atomic E-state index is 0.102. The van der Waals surface area contributed by atoms with Crippen molar-refractivity contribution in [3.63, 3.8) is 0 Å². The number of hydrogen-bond donors (Lipinski definition) is 1. The summed E-state index contributed by atoms with van der Waals surface area (Å²) < 4.78 is 12.7. The van der Waals surface area contributed by atoms with E-state index in [2.05, 4.69) is 22.6 Å². The SMILES string of the molecule is CCc1ccc([C@@H](C(=O)NC(C)(C)CC)N(C(=O)Cn2nnc3ccccc32)c2ccc3c(c2)OCO3)cc1. The number of carbonyl (C=O) groups excluding carboxylic acids is 2. The van der Waals surface area contributed by atoms with Crippen molar-refractivity contribution >= 4 is 28.5 Å². The number of nitrogens with one attached hydrogen (secondary N) is 1. The van der Waals surface area contributed by atoms with Gasteiger partial charge >= 0.3 is 0 Å². The van der Waals surface area contributed by atoms with Gasteiger partial charge in [0.1, 0.15) is 18.1 Å². The molecule has 3 aromatic carbocycles. The summed E-state index contributed by atoms with van der Waals surface area (Å²) in [5.74, 6) is 0.513. The second-order valence-electron chi connectivity index (χ2n) is 10.3. The van der Waals surface area contributed by atoms with Gasteiger partial charge in [-0.1, -0.05) is 55.5 Å². The van der Waals surface area contributed by atoms with Gasteiger partial charge < -0.3 is 14.8 Å². The number of benzene rings is 3. The summed E-state index contributed by atoms with van der Waals surface area (Å²) in [6, 6.07) is 19.6. The highest BCUT2D eigenvalue weighted by Gasteiger charge is 2.36. The van der Waals surface area contributed by atoms with Crippen LogP contribution in [-0.4, -0.2) is 39.1 Å². The summed E-state index contributed by atoms with van der Waals surface area (Å²) in [6.45, 7) is 8.02. The van der Waals surface area contributed by atoms with Crippen LogP contribution >= 0.6 is 0 Å². The number of aryl methyl sites for hydroxylation is 1. The van der Waals surface area contributed by atoms with Crippen molar-refractivity contribution in [1.82, 2.24) is 20.3 Å². The smallest absolute Gasteiger partial charge is 0.249 e. The minimum Gasteiger partial charge on any atom is -0.454 e. The average Bonchev–Trinajstić information content (AvgIpc) is 3.58. The lowest BCUT2D eigenvalue weighted by Gasteiger charge is -2.34. The molecule has 9 heteroatoms. The van der Waals surface area contributed by atoms with Crippen molar-refractivity contribution in [2.75, 3.05) is 11.7 Å². The highest BCUT2D eigenvalue weighted by Crippen LogP contribution is 2.38. The Balaban J connectivity index is 1.62. The molecule has 1 aliphatic rings. The Labute approximate surface area is 227 Å². The molecule has 4 aromatic rings. The summed E-state index contributed by atoms with van der Waals surface area (Å²) in [6.07, 6.45) is 1.59. The van der Waals surface area contributed by atoms with E-state index in [1.807, 2.05) is 69.3 Å².